The van der Waals surface area contributed by atoms with Crippen molar-refractivity contribution in [2.24, 2.45) is 11.1 Å². The Bertz CT molecular complexity index is 759. The molecule has 1 aromatic carbocycles. The average molecular weight is 330 g/mol. The minimum atomic E-state index is -0.705. The predicted molar refractivity (Wildman–Crippen MR) is 89.3 cm³/mol. The molecule has 0 aliphatic carbocycles. The summed E-state index contributed by atoms with van der Waals surface area (Å²) >= 11 is 0. The molecular weight excluding hydrogens is 308 g/mol. The molecular formula is C18H22N2O4. The van der Waals surface area contributed by atoms with Crippen LogP contribution >= 0.6 is 0 Å². The van der Waals surface area contributed by atoms with Gasteiger partial charge in [0, 0.05) is 30.7 Å². The summed E-state index contributed by atoms with van der Waals surface area (Å²) in [7, 11) is 0. The standard InChI is InChI=1S/C18H22N2O4/c1-12-2-3-14-13(10-24-15(14)8-12)9-16(21)20-11-18(17(19)22)4-6-23-7-5-18/h2-3,8,10H,4-7,9,11H2,1H3,(H2,19,22)(H,20,21). The van der Waals surface area contributed by atoms with Gasteiger partial charge in [0.2, 0.25) is 11.8 Å². The number of carbonyl (C=O) groups excluding carboxylic acids is 2. The van der Waals surface area contributed by atoms with E-state index in [1.807, 2.05) is 25.1 Å². The molecule has 2 aromatic rings. The predicted octanol–water partition coefficient (Wildman–Crippen LogP) is 1.68. The Kier molecular flexibility index (Phi) is 4.57. The van der Waals surface area contributed by atoms with Crippen LogP contribution < -0.4 is 11.1 Å². The minimum absolute atomic E-state index is 0.148. The van der Waals surface area contributed by atoms with Gasteiger partial charge in [0.25, 0.3) is 0 Å². The zero-order chi connectivity index (χ0) is 17.2. The summed E-state index contributed by atoms with van der Waals surface area (Å²) in [4.78, 5) is 24.1. The van der Waals surface area contributed by atoms with E-state index in [4.69, 9.17) is 14.9 Å². The maximum absolute atomic E-state index is 12.3. The van der Waals surface area contributed by atoms with E-state index in [9.17, 15) is 9.59 Å². The topological polar surface area (TPSA) is 94.6 Å². The Labute approximate surface area is 140 Å². The first-order valence-corrected chi connectivity index (χ1v) is 8.11. The quantitative estimate of drug-likeness (QED) is 0.872. The van der Waals surface area contributed by atoms with Crippen LogP contribution in [0.3, 0.4) is 0 Å². The van der Waals surface area contributed by atoms with Crippen LogP contribution in [0.25, 0.3) is 11.0 Å². The number of hydrogen-bond donors (Lipinski definition) is 2. The van der Waals surface area contributed by atoms with Crippen LogP contribution in [0.5, 0.6) is 0 Å². The fraction of sp³-hybridized carbons (Fsp3) is 0.444. The number of aryl methyl sites for hydroxylation is 1. The van der Waals surface area contributed by atoms with E-state index >= 15 is 0 Å². The SMILES string of the molecule is Cc1ccc2c(CC(=O)NCC3(C(N)=O)CCOCC3)coc2c1. The zero-order valence-electron chi connectivity index (χ0n) is 13.8. The molecule has 6 heteroatoms. The van der Waals surface area contributed by atoms with Crippen molar-refractivity contribution >= 4 is 22.8 Å². The highest BCUT2D eigenvalue weighted by molar-refractivity contribution is 5.88. The Balaban J connectivity index is 1.65. The van der Waals surface area contributed by atoms with Crippen LogP contribution in [0, 0.1) is 12.3 Å². The van der Waals surface area contributed by atoms with Gasteiger partial charge in [-0.2, -0.15) is 0 Å². The van der Waals surface area contributed by atoms with Gasteiger partial charge in [-0.15, -0.1) is 0 Å². The fourth-order valence-electron chi connectivity index (χ4n) is 3.10. The highest BCUT2D eigenvalue weighted by atomic mass is 16.5. The van der Waals surface area contributed by atoms with Crippen LogP contribution in [-0.2, 0) is 20.7 Å². The fourth-order valence-corrected chi connectivity index (χ4v) is 3.10. The number of primary amides is 1. The Morgan fingerprint density at radius 3 is 2.75 bits per heavy atom. The number of benzene rings is 1. The molecule has 1 aliphatic rings. The Morgan fingerprint density at radius 1 is 1.29 bits per heavy atom. The lowest BCUT2D eigenvalue weighted by atomic mass is 9.79. The molecule has 2 heterocycles. The normalized spacial score (nSPS) is 16.9. The summed E-state index contributed by atoms with van der Waals surface area (Å²) in [5.41, 5.74) is 7.56. The molecule has 128 valence electrons. The van der Waals surface area contributed by atoms with Crippen molar-refractivity contribution in [2.45, 2.75) is 26.2 Å². The molecule has 1 fully saturated rings. The summed E-state index contributed by atoms with van der Waals surface area (Å²) in [6.45, 7) is 3.22. The maximum Gasteiger partial charge on any atom is 0.225 e. The third-order valence-electron chi connectivity index (χ3n) is 4.76. The van der Waals surface area contributed by atoms with Gasteiger partial charge in [-0.1, -0.05) is 12.1 Å². The van der Waals surface area contributed by atoms with Crippen LogP contribution in [-0.4, -0.2) is 31.6 Å². The third kappa shape index (κ3) is 3.28. The molecule has 0 atom stereocenters. The van der Waals surface area contributed by atoms with Gasteiger partial charge in [-0.3, -0.25) is 9.59 Å². The highest BCUT2D eigenvalue weighted by Gasteiger charge is 2.38. The number of fused-ring (bicyclic) bond motifs is 1. The number of rotatable bonds is 5. The van der Waals surface area contributed by atoms with Crippen molar-refractivity contribution in [3.05, 3.63) is 35.6 Å². The van der Waals surface area contributed by atoms with E-state index < -0.39 is 5.41 Å². The monoisotopic (exact) mass is 330 g/mol. The molecule has 0 unspecified atom stereocenters. The summed E-state index contributed by atoms with van der Waals surface area (Å²) in [5, 5.41) is 3.79. The molecule has 2 amide bonds. The van der Waals surface area contributed by atoms with Gasteiger partial charge in [-0.25, -0.2) is 0 Å². The van der Waals surface area contributed by atoms with Crippen molar-refractivity contribution < 1.29 is 18.7 Å². The average Bonchev–Trinajstić information content (AvgIpc) is 2.95. The molecule has 1 aromatic heterocycles. The number of hydrogen-bond acceptors (Lipinski definition) is 4. The number of nitrogens with two attached hydrogens (primary N) is 1. The van der Waals surface area contributed by atoms with Gasteiger partial charge in [-0.05, 0) is 31.4 Å². The molecule has 0 bridgehead atoms. The third-order valence-corrected chi connectivity index (χ3v) is 4.76. The minimum Gasteiger partial charge on any atom is -0.464 e. The second-order valence-electron chi connectivity index (χ2n) is 6.47. The van der Waals surface area contributed by atoms with E-state index in [0.717, 1.165) is 22.1 Å². The molecule has 24 heavy (non-hydrogen) atoms. The van der Waals surface area contributed by atoms with Crippen LogP contribution in [0.4, 0.5) is 0 Å². The number of amides is 2. The van der Waals surface area contributed by atoms with Crippen molar-refractivity contribution in [1.82, 2.24) is 5.32 Å². The maximum atomic E-state index is 12.3. The first-order chi connectivity index (χ1) is 11.5. The van der Waals surface area contributed by atoms with Gasteiger partial charge in [0.1, 0.15) is 5.58 Å². The number of ether oxygens (including phenoxy) is 1. The van der Waals surface area contributed by atoms with Crippen molar-refractivity contribution in [1.29, 1.82) is 0 Å². The molecule has 0 saturated carbocycles. The first kappa shape index (κ1) is 16.5. The summed E-state index contributed by atoms with van der Waals surface area (Å²) in [6.07, 6.45) is 2.90. The van der Waals surface area contributed by atoms with Crippen LogP contribution in [0.1, 0.15) is 24.0 Å². The molecule has 1 saturated heterocycles. The lowest BCUT2D eigenvalue weighted by molar-refractivity contribution is -0.133. The summed E-state index contributed by atoms with van der Waals surface area (Å²) < 4.78 is 10.8. The van der Waals surface area contributed by atoms with E-state index in [1.54, 1.807) is 6.26 Å². The molecule has 0 radical (unpaired) electrons. The number of nitrogens with one attached hydrogen (secondary N) is 1. The summed E-state index contributed by atoms with van der Waals surface area (Å²) in [6, 6.07) is 5.89. The number of carbonyl (C=O) groups is 2. The van der Waals surface area contributed by atoms with E-state index in [0.29, 0.717) is 26.1 Å². The first-order valence-electron chi connectivity index (χ1n) is 8.11. The molecule has 3 rings (SSSR count). The van der Waals surface area contributed by atoms with E-state index in [-0.39, 0.29) is 24.8 Å². The molecule has 1 aliphatic heterocycles. The molecule has 0 spiro atoms. The largest absolute Gasteiger partial charge is 0.464 e. The van der Waals surface area contributed by atoms with E-state index in [1.165, 1.54) is 0 Å². The zero-order valence-corrected chi connectivity index (χ0v) is 13.8. The van der Waals surface area contributed by atoms with Gasteiger partial charge in [0.05, 0.1) is 18.1 Å². The second-order valence-corrected chi connectivity index (χ2v) is 6.47. The van der Waals surface area contributed by atoms with Crippen molar-refractivity contribution in [3.63, 3.8) is 0 Å². The van der Waals surface area contributed by atoms with E-state index in [2.05, 4.69) is 5.32 Å². The molecule has 6 nitrogen and oxygen atoms in total. The smallest absolute Gasteiger partial charge is 0.225 e. The molecule has 3 N–H and O–H groups in total. The second kappa shape index (κ2) is 6.65. The highest BCUT2D eigenvalue weighted by Crippen LogP contribution is 2.29. The van der Waals surface area contributed by atoms with Crippen molar-refractivity contribution in [2.75, 3.05) is 19.8 Å². The Morgan fingerprint density at radius 2 is 2.04 bits per heavy atom. The van der Waals surface area contributed by atoms with Gasteiger partial charge < -0.3 is 20.2 Å². The van der Waals surface area contributed by atoms with Crippen LogP contribution in [0.15, 0.2) is 28.9 Å². The van der Waals surface area contributed by atoms with Crippen molar-refractivity contribution in [3.8, 4) is 0 Å². The summed E-state index contributed by atoms with van der Waals surface area (Å²) in [5.74, 6) is -0.527. The lowest BCUT2D eigenvalue weighted by Crippen LogP contribution is -2.49. The number of furan rings is 1. The van der Waals surface area contributed by atoms with Gasteiger partial charge >= 0.3 is 0 Å². The van der Waals surface area contributed by atoms with Crippen LogP contribution in [0.2, 0.25) is 0 Å². The van der Waals surface area contributed by atoms with Gasteiger partial charge in [0.15, 0.2) is 0 Å². The lowest BCUT2D eigenvalue weighted by Gasteiger charge is -2.34. The Hall–Kier alpha value is -2.34.